The number of ether oxygens (including phenoxy) is 4. The number of rotatable bonds is 13. The third-order valence-corrected chi connectivity index (χ3v) is 5.54. The van der Waals surface area contributed by atoms with E-state index < -0.39 is 0 Å². The molecule has 0 bridgehead atoms. The lowest BCUT2D eigenvalue weighted by Crippen LogP contribution is -2.15. The third-order valence-electron chi connectivity index (χ3n) is 5.54. The Labute approximate surface area is 213 Å². The smallest absolute Gasteiger partial charge is 0.168 e. The maximum atomic E-state index is 11.3. The first-order valence-electron chi connectivity index (χ1n) is 11.9. The highest BCUT2D eigenvalue weighted by Crippen LogP contribution is 2.36. The molecular weight excluding hydrogens is 464 g/mol. The Balaban J connectivity index is 1.71. The van der Waals surface area contributed by atoms with E-state index in [1.807, 2.05) is 41.5 Å². The second-order valence-electron chi connectivity index (χ2n) is 10.5. The van der Waals surface area contributed by atoms with Gasteiger partial charge < -0.3 is 29.2 Å². The van der Waals surface area contributed by atoms with Crippen LogP contribution in [0.3, 0.4) is 0 Å². The van der Waals surface area contributed by atoms with Crippen LogP contribution >= 0.6 is 0 Å². The minimum absolute atomic E-state index is 0.180. The molecule has 0 aliphatic rings. The number of aldehydes is 2. The van der Waals surface area contributed by atoms with Crippen molar-refractivity contribution in [3.63, 3.8) is 0 Å². The number of carbonyl (C=O) groups is 2. The summed E-state index contributed by atoms with van der Waals surface area (Å²) in [6.07, 6.45) is 1.22. The molecule has 2 rings (SSSR count). The summed E-state index contributed by atoms with van der Waals surface area (Å²) in [6, 6.07) is 6.80. The van der Waals surface area contributed by atoms with Gasteiger partial charge in [-0.2, -0.15) is 0 Å². The average Bonchev–Trinajstić information content (AvgIpc) is 2.80. The second kappa shape index (κ2) is 12.7. The summed E-state index contributed by atoms with van der Waals surface area (Å²) < 4.78 is 22.3. The van der Waals surface area contributed by atoms with E-state index in [-0.39, 0.29) is 71.4 Å². The van der Waals surface area contributed by atoms with Crippen molar-refractivity contribution < 1.29 is 38.7 Å². The molecule has 2 aromatic carbocycles. The lowest BCUT2D eigenvalue weighted by Gasteiger charge is -2.21. The molecule has 198 valence electrons. The SMILES string of the molecule is CC(C)(C)c1cc(C=O)c(O)c(OCCOCCOCCOc2cc(C(C)(C)C)cc(C=O)c2O)c1. The van der Waals surface area contributed by atoms with Gasteiger partial charge in [0.15, 0.2) is 35.6 Å². The van der Waals surface area contributed by atoms with Gasteiger partial charge in [-0.25, -0.2) is 0 Å². The summed E-state index contributed by atoms with van der Waals surface area (Å²) in [5, 5.41) is 20.4. The first-order valence-corrected chi connectivity index (χ1v) is 11.9. The van der Waals surface area contributed by atoms with Gasteiger partial charge in [-0.1, -0.05) is 41.5 Å². The van der Waals surface area contributed by atoms with Crippen LogP contribution in [0.4, 0.5) is 0 Å². The largest absolute Gasteiger partial charge is 0.504 e. The average molecular weight is 503 g/mol. The van der Waals surface area contributed by atoms with Crippen LogP contribution in [-0.2, 0) is 20.3 Å². The van der Waals surface area contributed by atoms with E-state index in [2.05, 4.69) is 0 Å². The predicted octanol–water partition coefficient (Wildman–Crippen LogP) is 4.81. The molecule has 0 amide bonds. The molecule has 0 saturated heterocycles. The highest BCUT2D eigenvalue weighted by atomic mass is 16.6. The summed E-state index contributed by atoms with van der Waals surface area (Å²) in [5.41, 5.74) is 1.74. The molecular formula is C28H38O8. The van der Waals surface area contributed by atoms with Gasteiger partial charge >= 0.3 is 0 Å². The molecule has 0 spiro atoms. The van der Waals surface area contributed by atoms with Crippen LogP contribution in [0.25, 0.3) is 0 Å². The van der Waals surface area contributed by atoms with Gasteiger partial charge in [0.2, 0.25) is 0 Å². The van der Waals surface area contributed by atoms with Gasteiger partial charge in [-0.15, -0.1) is 0 Å². The molecule has 0 aromatic heterocycles. The van der Waals surface area contributed by atoms with E-state index >= 15 is 0 Å². The normalized spacial score (nSPS) is 11.8. The molecule has 8 heteroatoms. The Morgan fingerprint density at radius 3 is 1.25 bits per heavy atom. The van der Waals surface area contributed by atoms with Crippen LogP contribution < -0.4 is 9.47 Å². The number of hydrogen-bond acceptors (Lipinski definition) is 8. The fraction of sp³-hybridized carbons (Fsp3) is 0.500. The Bertz CT molecular complexity index is 948. The van der Waals surface area contributed by atoms with E-state index in [0.717, 1.165) is 11.1 Å². The van der Waals surface area contributed by atoms with Crippen molar-refractivity contribution in [3.05, 3.63) is 46.5 Å². The molecule has 36 heavy (non-hydrogen) atoms. The van der Waals surface area contributed by atoms with Gasteiger partial charge in [-0.05, 0) is 46.2 Å². The quantitative estimate of drug-likeness (QED) is 0.297. The van der Waals surface area contributed by atoms with Crippen LogP contribution in [0, 0.1) is 0 Å². The molecule has 2 N–H and O–H groups in total. The molecule has 8 nitrogen and oxygen atoms in total. The fourth-order valence-corrected chi connectivity index (χ4v) is 3.27. The molecule has 0 aliphatic carbocycles. The Morgan fingerprint density at radius 1 is 0.611 bits per heavy atom. The lowest BCUT2D eigenvalue weighted by atomic mass is 9.86. The summed E-state index contributed by atoms with van der Waals surface area (Å²) in [4.78, 5) is 22.5. The monoisotopic (exact) mass is 502 g/mol. The van der Waals surface area contributed by atoms with Gasteiger partial charge in [0.25, 0.3) is 0 Å². The number of aromatic hydroxyl groups is 2. The van der Waals surface area contributed by atoms with Crippen molar-refractivity contribution in [2.45, 2.75) is 52.4 Å². The summed E-state index contributed by atoms with van der Waals surface area (Å²) >= 11 is 0. The minimum atomic E-state index is -0.202. The molecule has 0 fully saturated rings. The summed E-state index contributed by atoms with van der Waals surface area (Å²) in [7, 11) is 0. The van der Waals surface area contributed by atoms with Gasteiger partial charge in [0, 0.05) is 0 Å². The Morgan fingerprint density at radius 2 is 0.944 bits per heavy atom. The molecule has 2 aromatic rings. The molecule has 0 radical (unpaired) electrons. The third kappa shape index (κ3) is 8.24. The summed E-state index contributed by atoms with van der Waals surface area (Å²) in [5.74, 6) is 0.137. The van der Waals surface area contributed by atoms with Crippen LogP contribution in [-0.4, -0.2) is 62.4 Å². The summed E-state index contributed by atoms with van der Waals surface area (Å²) in [6.45, 7) is 13.7. The van der Waals surface area contributed by atoms with E-state index in [9.17, 15) is 19.8 Å². The van der Waals surface area contributed by atoms with Crippen molar-refractivity contribution >= 4 is 12.6 Å². The maximum Gasteiger partial charge on any atom is 0.168 e. The zero-order valence-corrected chi connectivity index (χ0v) is 22.1. The van der Waals surface area contributed by atoms with Crippen molar-refractivity contribution in [2.24, 2.45) is 0 Å². The number of benzene rings is 2. The lowest BCUT2D eigenvalue weighted by molar-refractivity contribution is 0.0269. The second-order valence-corrected chi connectivity index (χ2v) is 10.5. The van der Waals surface area contributed by atoms with Gasteiger partial charge in [-0.3, -0.25) is 9.59 Å². The number of phenolic OH excluding ortho intramolecular Hbond substituents is 2. The number of hydrogen-bond donors (Lipinski definition) is 2. The van der Waals surface area contributed by atoms with Crippen molar-refractivity contribution in [2.75, 3.05) is 39.6 Å². The van der Waals surface area contributed by atoms with Gasteiger partial charge in [0.05, 0.1) is 37.6 Å². The number of phenols is 2. The van der Waals surface area contributed by atoms with E-state index in [1.165, 1.54) is 0 Å². The van der Waals surface area contributed by atoms with E-state index in [1.54, 1.807) is 24.3 Å². The van der Waals surface area contributed by atoms with Crippen LogP contribution in [0.1, 0.15) is 73.4 Å². The Hall–Kier alpha value is -3.10. The number of carbonyl (C=O) groups excluding carboxylic acids is 2. The zero-order valence-electron chi connectivity index (χ0n) is 22.1. The molecule has 0 atom stereocenters. The fourth-order valence-electron chi connectivity index (χ4n) is 3.27. The predicted molar refractivity (Wildman–Crippen MR) is 137 cm³/mol. The topological polar surface area (TPSA) is 112 Å². The molecule has 0 saturated carbocycles. The highest BCUT2D eigenvalue weighted by molar-refractivity contribution is 5.82. The van der Waals surface area contributed by atoms with Crippen LogP contribution in [0.15, 0.2) is 24.3 Å². The molecule has 0 heterocycles. The molecule has 0 aliphatic heterocycles. The first kappa shape index (κ1) is 29.1. The van der Waals surface area contributed by atoms with Gasteiger partial charge in [0.1, 0.15) is 13.2 Å². The van der Waals surface area contributed by atoms with Crippen LogP contribution in [0.2, 0.25) is 0 Å². The standard InChI is InChI=1S/C28H38O8/c1-27(2,3)21-13-19(17-29)25(31)23(15-21)35-11-9-33-7-8-34-10-12-36-24-16-22(28(4,5)6)14-20(18-30)26(24)32/h13-18,31-32H,7-12H2,1-6H3. The maximum absolute atomic E-state index is 11.3. The van der Waals surface area contributed by atoms with E-state index in [4.69, 9.17) is 18.9 Å². The van der Waals surface area contributed by atoms with Crippen molar-refractivity contribution in [1.29, 1.82) is 0 Å². The first-order chi connectivity index (χ1) is 16.9. The molecule has 0 unspecified atom stereocenters. The Kier molecular flexibility index (Phi) is 10.3. The highest BCUT2D eigenvalue weighted by Gasteiger charge is 2.20. The zero-order chi connectivity index (χ0) is 26.9. The van der Waals surface area contributed by atoms with E-state index in [0.29, 0.717) is 25.8 Å². The van der Waals surface area contributed by atoms with Crippen molar-refractivity contribution in [3.8, 4) is 23.0 Å². The minimum Gasteiger partial charge on any atom is -0.504 e. The van der Waals surface area contributed by atoms with Crippen LogP contribution in [0.5, 0.6) is 23.0 Å². The van der Waals surface area contributed by atoms with Crippen molar-refractivity contribution in [1.82, 2.24) is 0 Å².